The predicted octanol–water partition coefficient (Wildman–Crippen LogP) is 0.727. The Labute approximate surface area is 133 Å². The fourth-order valence-electron chi connectivity index (χ4n) is 3.06. The van der Waals surface area contributed by atoms with Gasteiger partial charge in [-0.2, -0.15) is 4.31 Å². The molecule has 0 atom stereocenters. The van der Waals surface area contributed by atoms with Gasteiger partial charge >= 0.3 is 0 Å². The van der Waals surface area contributed by atoms with Crippen molar-refractivity contribution in [2.24, 2.45) is 0 Å². The van der Waals surface area contributed by atoms with Crippen molar-refractivity contribution in [2.75, 3.05) is 18.5 Å². The Kier molecular flexibility index (Phi) is 3.03. The predicted molar refractivity (Wildman–Crippen MR) is 87.1 cm³/mol. The van der Waals surface area contributed by atoms with E-state index in [1.807, 2.05) is 16.7 Å². The maximum atomic E-state index is 11.9. The summed E-state index contributed by atoms with van der Waals surface area (Å²) in [6, 6.07) is 3.67. The van der Waals surface area contributed by atoms with Crippen LogP contribution in [0.1, 0.15) is 12.2 Å². The molecular formula is C14H16N6O2S. The average Bonchev–Trinajstić information content (AvgIpc) is 2.71. The highest BCUT2D eigenvalue weighted by atomic mass is 32.2. The molecule has 3 aromatic rings. The van der Waals surface area contributed by atoms with Gasteiger partial charge in [0.05, 0.1) is 18.3 Å². The third-order valence-corrected chi connectivity index (χ3v) is 5.37. The van der Waals surface area contributed by atoms with Gasteiger partial charge in [-0.1, -0.05) is 0 Å². The highest BCUT2D eigenvalue weighted by Crippen LogP contribution is 2.29. The Balaban J connectivity index is 2.01. The lowest BCUT2D eigenvalue weighted by molar-refractivity contribution is 0.411. The number of fused-ring (bicyclic) bond motifs is 5. The van der Waals surface area contributed by atoms with E-state index >= 15 is 0 Å². The van der Waals surface area contributed by atoms with Crippen LogP contribution < -0.4 is 5.73 Å². The van der Waals surface area contributed by atoms with Gasteiger partial charge in [0, 0.05) is 19.3 Å². The van der Waals surface area contributed by atoms with E-state index in [-0.39, 0.29) is 6.54 Å². The first kappa shape index (κ1) is 14.3. The SMILES string of the molecule is CS(=O)(=O)N1CCCn2c(nc3c(N)nc4cccnc4c32)C1. The molecule has 0 saturated carbocycles. The monoisotopic (exact) mass is 332 g/mol. The second-order valence-corrected chi connectivity index (χ2v) is 7.68. The second-order valence-electron chi connectivity index (χ2n) is 5.70. The van der Waals surface area contributed by atoms with Crippen LogP contribution >= 0.6 is 0 Å². The van der Waals surface area contributed by atoms with Crippen molar-refractivity contribution in [3.05, 3.63) is 24.2 Å². The summed E-state index contributed by atoms with van der Waals surface area (Å²) in [7, 11) is -3.26. The molecule has 0 saturated heterocycles. The third kappa shape index (κ3) is 2.23. The molecule has 0 amide bonds. The molecule has 0 bridgehead atoms. The van der Waals surface area contributed by atoms with Crippen LogP contribution in [-0.2, 0) is 23.1 Å². The molecule has 0 aromatic carbocycles. The maximum absolute atomic E-state index is 11.9. The number of pyridine rings is 2. The van der Waals surface area contributed by atoms with Crippen LogP contribution in [0.4, 0.5) is 5.82 Å². The summed E-state index contributed by atoms with van der Waals surface area (Å²) in [5.41, 5.74) is 8.92. The normalized spacial score (nSPS) is 16.6. The molecule has 0 unspecified atom stereocenters. The Bertz CT molecular complexity index is 1030. The summed E-state index contributed by atoms with van der Waals surface area (Å²) in [5.74, 6) is 1.02. The molecule has 4 heterocycles. The molecule has 9 heteroatoms. The molecule has 1 aliphatic rings. The summed E-state index contributed by atoms with van der Waals surface area (Å²) in [4.78, 5) is 13.3. The zero-order chi connectivity index (χ0) is 16.2. The molecule has 2 N–H and O–H groups in total. The highest BCUT2D eigenvalue weighted by Gasteiger charge is 2.25. The number of nitrogens with zero attached hydrogens (tertiary/aromatic N) is 5. The molecule has 23 heavy (non-hydrogen) atoms. The first-order chi connectivity index (χ1) is 10.9. The summed E-state index contributed by atoms with van der Waals surface area (Å²) >= 11 is 0. The molecule has 3 aromatic heterocycles. The van der Waals surface area contributed by atoms with E-state index in [4.69, 9.17) is 5.73 Å². The Morgan fingerprint density at radius 3 is 2.83 bits per heavy atom. The van der Waals surface area contributed by atoms with Gasteiger partial charge in [0.15, 0.2) is 5.82 Å². The van der Waals surface area contributed by atoms with Crippen LogP contribution in [0.5, 0.6) is 0 Å². The smallest absolute Gasteiger partial charge is 0.211 e. The minimum Gasteiger partial charge on any atom is -0.382 e. The minimum atomic E-state index is -3.26. The van der Waals surface area contributed by atoms with Crippen molar-refractivity contribution in [2.45, 2.75) is 19.5 Å². The van der Waals surface area contributed by atoms with Crippen LogP contribution in [0.2, 0.25) is 0 Å². The number of aryl methyl sites for hydroxylation is 1. The van der Waals surface area contributed by atoms with Gasteiger partial charge in [-0.15, -0.1) is 0 Å². The lowest BCUT2D eigenvalue weighted by atomic mass is 10.2. The minimum absolute atomic E-state index is 0.237. The zero-order valence-corrected chi connectivity index (χ0v) is 13.4. The van der Waals surface area contributed by atoms with Crippen LogP contribution in [-0.4, -0.2) is 45.0 Å². The van der Waals surface area contributed by atoms with Gasteiger partial charge in [-0.05, 0) is 18.6 Å². The largest absolute Gasteiger partial charge is 0.382 e. The van der Waals surface area contributed by atoms with Crippen LogP contribution in [0.25, 0.3) is 22.1 Å². The first-order valence-corrected chi connectivity index (χ1v) is 9.14. The van der Waals surface area contributed by atoms with Crippen molar-refractivity contribution in [3.8, 4) is 0 Å². The van der Waals surface area contributed by atoms with E-state index in [0.29, 0.717) is 42.2 Å². The Hall–Kier alpha value is -2.26. The van der Waals surface area contributed by atoms with Gasteiger partial charge in [-0.25, -0.2) is 18.4 Å². The fourth-order valence-corrected chi connectivity index (χ4v) is 3.87. The fraction of sp³-hybridized carbons (Fsp3) is 0.357. The molecule has 4 rings (SSSR count). The zero-order valence-electron chi connectivity index (χ0n) is 12.6. The van der Waals surface area contributed by atoms with Crippen LogP contribution in [0.3, 0.4) is 0 Å². The Morgan fingerprint density at radius 2 is 2.04 bits per heavy atom. The molecular weight excluding hydrogens is 316 g/mol. The number of nitrogen functional groups attached to an aromatic ring is 1. The summed E-state index contributed by atoms with van der Waals surface area (Å²) in [6.07, 6.45) is 3.64. The number of imidazole rings is 1. The van der Waals surface area contributed by atoms with Crippen molar-refractivity contribution in [3.63, 3.8) is 0 Å². The van der Waals surface area contributed by atoms with Crippen molar-refractivity contribution < 1.29 is 8.42 Å². The number of rotatable bonds is 1. The summed E-state index contributed by atoms with van der Waals surface area (Å²) in [5, 5.41) is 0. The number of aromatic nitrogens is 4. The number of hydrogen-bond donors (Lipinski definition) is 1. The third-order valence-electron chi connectivity index (χ3n) is 4.12. The van der Waals surface area contributed by atoms with E-state index in [1.165, 1.54) is 10.6 Å². The van der Waals surface area contributed by atoms with Crippen molar-refractivity contribution in [1.29, 1.82) is 0 Å². The van der Waals surface area contributed by atoms with Crippen LogP contribution in [0, 0.1) is 0 Å². The summed E-state index contributed by atoms with van der Waals surface area (Å²) < 4.78 is 27.2. The van der Waals surface area contributed by atoms with E-state index in [0.717, 1.165) is 11.0 Å². The maximum Gasteiger partial charge on any atom is 0.211 e. The van der Waals surface area contributed by atoms with Gasteiger partial charge in [0.1, 0.15) is 22.4 Å². The quantitative estimate of drug-likeness (QED) is 0.704. The number of hydrogen-bond acceptors (Lipinski definition) is 6. The molecule has 8 nitrogen and oxygen atoms in total. The van der Waals surface area contributed by atoms with Gasteiger partial charge in [-0.3, -0.25) is 4.98 Å². The van der Waals surface area contributed by atoms with E-state index in [2.05, 4.69) is 15.0 Å². The molecule has 1 aliphatic heterocycles. The molecule has 0 aliphatic carbocycles. The van der Waals surface area contributed by atoms with E-state index < -0.39 is 10.0 Å². The van der Waals surface area contributed by atoms with Gasteiger partial charge in [0.2, 0.25) is 10.0 Å². The van der Waals surface area contributed by atoms with Gasteiger partial charge in [0.25, 0.3) is 0 Å². The standard InChI is InChI=1S/C14H16N6O2S/c1-23(21,22)19-6-3-7-20-10(8-19)18-12-13(20)11-9(17-14(12)15)4-2-5-16-11/h2,4-5H,3,6-8H2,1H3,(H2,15,17). The average molecular weight is 332 g/mol. The molecule has 0 spiro atoms. The number of anilines is 1. The molecule has 120 valence electrons. The number of sulfonamides is 1. The highest BCUT2D eigenvalue weighted by molar-refractivity contribution is 7.88. The van der Waals surface area contributed by atoms with E-state index in [9.17, 15) is 8.42 Å². The Morgan fingerprint density at radius 1 is 1.22 bits per heavy atom. The number of nitrogens with two attached hydrogens (primary N) is 1. The topological polar surface area (TPSA) is 107 Å². The lowest BCUT2D eigenvalue weighted by Crippen LogP contribution is -2.29. The first-order valence-electron chi connectivity index (χ1n) is 7.29. The second kappa shape index (κ2) is 4.87. The van der Waals surface area contributed by atoms with E-state index in [1.54, 1.807) is 6.20 Å². The van der Waals surface area contributed by atoms with Crippen LogP contribution in [0.15, 0.2) is 18.3 Å². The molecule has 0 fully saturated rings. The summed E-state index contributed by atoms with van der Waals surface area (Å²) in [6.45, 7) is 1.39. The van der Waals surface area contributed by atoms with Crippen molar-refractivity contribution >= 4 is 37.9 Å². The van der Waals surface area contributed by atoms with Crippen molar-refractivity contribution in [1.82, 2.24) is 23.8 Å². The lowest BCUT2D eigenvalue weighted by Gasteiger charge is -2.15. The molecule has 0 radical (unpaired) electrons. The van der Waals surface area contributed by atoms with Gasteiger partial charge < -0.3 is 10.3 Å².